The number of nitrogens with zero attached hydrogens (tertiary/aromatic N) is 1. The molecule has 0 aliphatic carbocycles. The molecule has 0 fully saturated rings. The maximum absolute atomic E-state index is 12.6. The number of rotatable bonds is 5. The minimum absolute atomic E-state index is 0.531. The van der Waals surface area contributed by atoms with Crippen LogP contribution >= 0.6 is 0 Å². The third-order valence-electron chi connectivity index (χ3n) is 1.43. The van der Waals surface area contributed by atoms with E-state index in [0.717, 1.165) is 6.42 Å². The van der Waals surface area contributed by atoms with Crippen LogP contribution < -0.4 is 5.73 Å². The molecule has 0 aromatic rings. The number of hydrogen-bond donors (Lipinski definition) is 1. The summed E-state index contributed by atoms with van der Waals surface area (Å²) in [6, 6.07) is 0. The second-order valence-electron chi connectivity index (χ2n) is 2.81. The highest BCUT2D eigenvalue weighted by Gasteiger charge is 2.37. The number of alkyl halides is 2. The number of primary amides is 1. The molecule has 0 heterocycles. The van der Waals surface area contributed by atoms with E-state index in [1.54, 1.807) is 0 Å². The fourth-order valence-corrected chi connectivity index (χ4v) is 0.878. The van der Waals surface area contributed by atoms with Crippen LogP contribution in [0.4, 0.5) is 8.78 Å². The van der Waals surface area contributed by atoms with E-state index in [4.69, 9.17) is 0 Å². The van der Waals surface area contributed by atoms with Crippen LogP contribution in [0.5, 0.6) is 0 Å². The van der Waals surface area contributed by atoms with Gasteiger partial charge in [-0.3, -0.25) is 4.79 Å². The van der Waals surface area contributed by atoms with Crippen LogP contribution in [0.3, 0.4) is 0 Å². The van der Waals surface area contributed by atoms with Gasteiger partial charge in [-0.15, -0.1) is 0 Å². The quantitative estimate of drug-likeness (QED) is 0.667. The second kappa shape index (κ2) is 4.35. The van der Waals surface area contributed by atoms with E-state index in [1.807, 2.05) is 6.92 Å². The standard InChI is InChI=1S/C7H14F2N2O/c1-3-4-11(2)5-7(8,9)6(10)12/h3-5H2,1-2H3,(H2,10,12). The number of halogens is 2. The van der Waals surface area contributed by atoms with Gasteiger partial charge < -0.3 is 10.6 Å². The molecule has 0 saturated heterocycles. The van der Waals surface area contributed by atoms with Gasteiger partial charge in [0.2, 0.25) is 0 Å². The lowest BCUT2D eigenvalue weighted by atomic mass is 10.3. The van der Waals surface area contributed by atoms with Crippen LogP contribution in [0.15, 0.2) is 0 Å². The molecule has 0 spiro atoms. The molecule has 12 heavy (non-hydrogen) atoms. The second-order valence-corrected chi connectivity index (χ2v) is 2.81. The first kappa shape index (κ1) is 11.3. The largest absolute Gasteiger partial charge is 0.364 e. The molecule has 1 amide bonds. The lowest BCUT2D eigenvalue weighted by molar-refractivity contribution is -0.144. The van der Waals surface area contributed by atoms with E-state index in [2.05, 4.69) is 5.73 Å². The topological polar surface area (TPSA) is 46.3 Å². The van der Waals surface area contributed by atoms with Gasteiger partial charge >= 0.3 is 5.92 Å². The predicted octanol–water partition coefficient (Wildman–Crippen LogP) is 0.449. The average Bonchev–Trinajstić information content (AvgIpc) is 1.85. The van der Waals surface area contributed by atoms with Crippen molar-refractivity contribution in [1.82, 2.24) is 4.90 Å². The summed E-state index contributed by atoms with van der Waals surface area (Å²) >= 11 is 0. The van der Waals surface area contributed by atoms with Crippen LogP contribution in [0.25, 0.3) is 0 Å². The van der Waals surface area contributed by atoms with Crippen molar-refractivity contribution in [2.45, 2.75) is 19.3 Å². The van der Waals surface area contributed by atoms with E-state index in [9.17, 15) is 13.6 Å². The number of nitrogens with two attached hydrogens (primary N) is 1. The fourth-order valence-electron chi connectivity index (χ4n) is 0.878. The lowest BCUT2D eigenvalue weighted by Crippen LogP contribution is -2.44. The summed E-state index contributed by atoms with van der Waals surface area (Å²) in [7, 11) is 1.53. The van der Waals surface area contributed by atoms with Crippen molar-refractivity contribution in [3.05, 3.63) is 0 Å². The van der Waals surface area contributed by atoms with Crippen molar-refractivity contribution in [2.75, 3.05) is 20.1 Å². The monoisotopic (exact) mass is 180 g/mol. The zero-order valence-electron chi connectivity index (χ0n) is 7.31. The molecule has 3 nitrogen and oxygen atoms in total. The first-order valence-corrected chi connectivity index (χ1v) is 3.76. The molecule has 0 saturated carbocycles. The molecule has 0 aliphatic heterocycles. The van der Waals surface area contributed by atoms with Gasteiger partial charge in [-0.2, -0.15) is 8.78 Å². The Kier molecular flexibility index (Phi) is 4.09. The van der Waals surface area contributed by atoms with Gasteiger partial charge in [0.15, 0.2) is 0 Å². The Morgan fingerprint density at radius 3 is 2.42 bits per heavy atom. The van der Waals surface area contributed by atoms with Crippen molar-refractivity contribution in [3.8, 4) is 0 Å². The van der Waals surface area contributed by atoms with Gasteiger partial charge in [-0.25, -0.2) is 0 Å². The van der Waals surface area contributed by atoms with E-state index in [-0.39, 0.29) is 0 Å². The number of hydrogen-bond acceptors (Lipinski definition) is 2. The van der Waals surface area contributed by atoms with E-state index >= 15 is 0 Å². The predicted molar refractivity (Wildman–Crippen MR) is 41.9 cm³/mol. The van der Waals surface area contributed by atoms with Crippen LogP contribution in [0, 0.1) is 0 Å². The Morgan fingerprint density at radius 2 is 2.08 bits per heavy atom. The zero-order valence-corrected chi connectivity index (χ0v) is 7.31. The summed E-state index contributed by atoms with van der Waals surface area (Å²) in [5.74, 6) is -4.98. The van der Waals surface area contributed by atoms with Gasteiger partial charge in [-0.1, -0.05) is 6.92 Å². The summed E-state index contributed by atoms with van der Waals surface area (Å²) in [5, 5.41) is 0. The van der Waals surface area contributed by atoms with E-state index < -0.39 is 18.4 Å². The third kappa shape index (κ3) is 3.61. The number of carbonyl (C=O) groups excluding carboxylic acids is 1. The Labute approximate surface area is 70.5 Å². The molecule has 0 aromatic heterocycles. The highest BCUT2D eigenvalue weighted by molar-refractivity contribution is 5.81. The van der Waals surface area contributed by atoms with Crippen molar-refractivity contribution < 1.29 is 13.6 Å². The molecule has 72 valence electrons. The summed E-state index contributed by atoms with van der Waals surface area (Å²) in [5.41, 5.74) is 4.50. The molecule has 0 radical (unpaired) electrons. The molecular formula is C7H14F2N2O. The molecule has 2 N–H and O–H groups in total. The molecule has 0 unspecified atom stereocenters. The van der Waals surface area contributed by atoms with E-state index in [1.165, 1.54) is 11.9 Å². The highest BCUT2D eigenvalue weighted by atomic mass is 19.3. The summed E-state index contributed by atoms with van der Waals surface area (Å²) in [6.07, 6.45) is 0.769. The summed E-state index contributed by atoms with van der Waals surface area (Å²) in [6.45, 7) is 1.80. The number of amides is 1. The minimum atomic E-state index is -3.41. The van der Waals surface area contributed by atoms with Crippen LogP contribution in [0.2, 0.25) is 0 Å². The molecule has 5 heteroatoms. The first-order valence-electron chi connectivity index (χ1n) is 3.76. The highest BCUT2D eigenvalue weighted by Crippen LogP contribution is 2.13. The van der Waals surface area contributed by atoms with E-state index in [0.29, 0.717) is 6.54 Å². The molecule has 0 rings (SSSR count). The Hall–Kier alpha value is -0.710. The number of carbonyl (C=O) groups is 1. The van der Waals surface area contributed by atoms with Crippen molar-refractivity contribution in [1.29, 1.82) is 0 Å². The zero-order chi connectivity index (χ0) is 9.78. The van der Waals surface area contributed by atoms with Gasteiger partial charge in [0, 0.05) is 0 Å². The Bertz CT molecular complexity index is 161. The van der Waals surface area contributed by atoms with Gasteiger partial charge in [0.25, 0.3) is 5.91 Å². The van der Waals surface area contributed by atoms with Crippen molar-refractivity contribution in [3.63, 3.8) is 0 Å². The first-order chi connectivity index (χ1) is 5.40. The molecule has 0 atom stereocenters. The summed E-state index contributed by atoms with van der Waals surface area (Å²) in [4.78, 5) is 11.6. The normalized spacial score (nSPS) is 12.1. The lowest BCUT2D eigenvalue weighted by Gasteiger charge is -2.20. The van der Waals surface area contributed by atoms with Gasteiger partial charge in [0.1, 0.15) is 0 Å². The van der Waals surface area contributed by atoms with Gasteiger partial charge in [-0.05, 0) is 20.0 Å². The van der Waals surface area contributed by atoms with Crippen LogP contribution in [0.1, 0.15) is 13.3 Å². The van der Waals surface area contributed by atoms with Crippen molar-refractivity contribution >= 4 is 5.91 Å². The smallest absolute Gasteiger partial charge is 0.336 e. The molecular weight excluding hydrogens is 166 g/mol. The van der Waals surface area contributed by atoms with Crippen molar-refractivity contribution in [2.24, 2.45) is 5.73 Å². The van der Waals surface area contributed by atoms with Gasteiger partial charge in [0.05, 0.1) is 6.54 Å². The maximum Gasteiger partial charge on any atom is 0.336 e. The Morgan fingerprint density at radius 1 is 1.58 bits per heavy atom. The maximum atomic E-state index is 12.6. The third-order valence-corrected chi connectivity index (χ3v) is 1.43. The molecule has 0 bridgehead atoms. The van der Waals surface area contributed by atoms with Crippen LogP contribution in [-0.2, 0) is 4.79 Å². The molecule has 0 aliphatic rings. The molecule has 0 aromatic carbocycles. The SMILES string of the molecule is CCCN(C)CC(F)(F)C(N)=O. The van der Waals surface area contributed by atoms with Crippen LogP contribution in [-0.4, -0.2) is 36.9 Å². The Balaban J connectivity index is 3.96. The summed E-state index contributed by atoms with van der Waals surface area (Å²) < 4.78 is 25.2. The average molecular weight is 180 g/mol. The minimum Gasteiger partial charge on any atom is -0.364 e. The fraction of sp³-hybridized carbons (Fsp3) is 0.857.